The Bertz CT molecular complexity index is 1420. The van der Waals surface area contributed by atoms with Gasteiger partial charge in [-0.25, -0.2) is 13.6 Å². The predicted molar refractivity (Wildman–Crippen MR) is 122 cm³/mol. The van der Waals surface area contributed by atoms with Crippen molar-refractivity contribution in [1.29, 1.82) is 0 Å². The number of methoxy groups -OCH3 is 1. The predicted octanol–water partition coefficient (Wildman–Crippen LogP) is 4.56. The Balaban J connectivity index is 2.04. The summed E-state index contributed by atoms with van der Waals surface area (Å²) in [6, 6.07) is 19.4. The molecule has 0 bridgehead atoms. The molecule has 4 aromatic rings. The number of hydrogen-bond donors (Lipinski definition) is 1. The molecule has 7 heteroatoms. The molecule has 0 aliphatic carbocycles. The maximum atomic E-state index is 13.5. The maximum Gasteiger partial charge on any atom is 0.238 e. The van der Waals surface area contributed by atoms with Crippen molar-refractivity contribution in [3.63, 3.8) is 0 Å². The van der Waals surface area contributed by atoms with E-state index in [1.807, 2.05) is 49.4 Å². The lowest BCUT2D eigenvalue weighted by atomic mass is 9.99. The highest BCUT2D eigenvalue weighted by molar-refractivity contribution is 7.89. The standard InChI is InChI=1S/C23H19NO4S2/c1-14-7-8-16(13-19(14)28-2)21-22(25)18-5-3-4-6-20(18)29-23(21)15-9-11-17(12-10-15)30(24,26)27/h3-13H,1-2H3,(H2,24,26,27). The van der Waals surface area contributed by atoms with Crippen LogP contribution in [0.15, 0.2) is 76.4 Å². The molecule has 5 nitrogen and oxygen atoms in total. The third-order valence-corrected chi connectivity index (χ3v) is 7.09. The lowest BCUT2D eigenvalue weighted by molar-refractivity contribution is 0.412. The largest absolute Gasteiger partial charge is 0.496 e. The van der Waals surface area contributed by atoms with E-state index in [1.54, 1.807) is 19.2 Å². The summed E-state index contributed by atoms with van der Waals surface area (Å²) in [6.45, 7) is 1.94. The quantitative estimate of drug-likeness (QED) is 0.507. The minimum atomic E-state index is -3.80. The zero-order valence-electron chi connectivity index (χ0n) is 16.4. The Morgan fingerprint density at radius 3 is 2.27 bits per heavy atom. The fourth-order valence-corrected chi connectivity index (χ4v) is 5.10. The van der Waals surface area contributed by atoms with Gasteiger partial charge in [-0.2, -0.15) is 0 Å². The van der Waals surface area contributed by atoms with Gasteiger partial charge in [-0.3, -0.25) is 4.79 Å². The summed E-state index contributed by atoms with van der Waals surface area (Å²) >= 11 is 1.49. The molecule has 0 amide bonds. The molecule has 2 N–H and O–H groups in total. The van der Waals surface area contributed by atoms with E-state index in [1.165, 1.54) is 23.5 Å². The van der Waals surface area contributed by atoms with Crippen molar-refractivity contribution in [3.8, 4) is 27.3 Å². The van der Waals surface area contributed by atoms with Gasteiger partial charge in [0.25, 0.3) is 0 Å². The summed E-state index contributed by atoms with van der Waals surface area (Å²) in [5, 5.41) is 5.86. The van der Waals surface area contributed by atoms with E-state index in [0.29, 0.717) is 16.7 Å². The Hall–Kier alpha value is -3.00. The van der Waals surface area contributed by atoms with Crippen molar-refractivity contribution >= 4 is 31.4 Å². The minimum Gasteiger partial charge on any atom is -0.496 e. The molecule has 0 aliphatic heterocycles. The van der Waals surface area contributed by atoms with Gasteiger partial charge in [0.1, 0.15) is 5.75 Å². The first-order valence-corrected chi connectivity index (χ1v) is 11.5. The monoisotopic (exact) mass is 437 g/mol. The molecule has 4 rings (SSSR count). The molecule has 0 fully saturated rings. The Kier molecular flexibility index (Phi) is 5.19. The van der Waals surface area contributed by atoms with E-state index in [0.717, 1.165) is 26.3 Å². The molecule has 0 aliphatic rings. The molecule has 0 spiro atoms. The molecule has 1 heterocycles. The van der Waals surface area contributed by atoms with Crippen molar-refractivity contribution in [2.45, 2.75) is 11.8 Å². The first-order chi connectivity index (χ1) is 14.3. The second-order valence-corrected chi connectivity index (χ2v) is 9.50. The van der Waals surface area contributed by atoms with E-state index in [-0.39, 0.29) is 10.3 Å². The first-order valence-electron chi connectivity index (χ1n) is 9.13. The molecule has 3 aromatic carbocycles. The van der Waals surface area contributed by atoms with Crippen molar-refractivity contribution < 1.29 is 13.2 Å². The number of sulfonamides is 1. The molecule has 0 saturated carbocycles. The van der Waals surface area contributed by atoms with Gasteiger partial charge in [0.15, 0.2) is 5.43 Å². The fraction of sp³-hybridized carbons (Fsp3) is 0.0870. The first kappa shape index (κ1) is 20.3. The van der Waals surface area contributed by atoms with Gasteiger partial charge >= 0.3 is 0 Å². The van der Waals surface area contributed by atoms with Gasteiger partial charge in [0.05, 0.1) is 12.0 Å². The smallest absolute Gasteiger partial charge is 0.238 e. The Morgan fingerprint density at radius 2 is 1.60 bits per heavy atom. The number of fused-ring (bicyclic) bond motifs is 1. The summed E-state index contributed by atoms with van der Waals surface area (Å²) in [5.41, 5.74) is 2.93. The number of primary sulfonamides is 1. The van der Waals surface area contributed by atoms with Crippen LogP contribution in [0.3, 0.4) is 0 Å². The third kappa shape index (κ3) is 3.63. The molecular weight excluding hydrogens is 418 g/mol. The van der Waals surface area contributed by atoms with Crippen molar-refractivity contribution in [1.82, 2.24) is 0 Å². The van der Waals surface area contributed by atoms with Gasteiger partial charge in [-0.05, 0) is 53.9 Å². The third-order valence-electron chi connectivity index (χ3n) is 4.94. The van der Waals surface area contributed by atoms with Crippen LogP contribution >= 0.6 is 11.3 Å². The van der Waals surface area contributed by atoms with E-state index >= 15 is 0 Å². The van der Waals surface area contributed by atoms with Crippen LogP contribution in [0.5, 0.6) is 5.75 Å². The highest BCUT2D eigenvalue weighted by Crippen LogP contribution is 2.38. The van der Waals surface area contributed by atoms with Gasteiger partial charge in [0, 0.05) is 20.5 Å². The average molecular weight is 438 g/mol. The van der Waals surface area contributed by atoms with E-state index in [4.69, 9.17) is 9.88 Å². The van der Waals surface area contributed by atoms with Crippen LogP contribution in [0.2, 0.25) is 0 Å². The van der Waals surface area contributed by atoms with Crippen LogP contribution in [0.25, 0.3) is 31.7 Å². The molecule has 0 unspecified atom stereocenters. The molecule has 0 radical (unpaired) electrons. The van der Waals surface area contributed by atoms with E-state index in [9.17, 15) is 13.2 Å². The van der Waals surface area contributed by atoms with Crippen molar-refractivity contribution in [3.05, 3.63) is 82.5 Å². The minimum absolute atomic E-state index is 0.0259. The summed E-state index contributed by atoms with van der Waals surface area (Å²) in [4.78, 5) is 14.3. The summed E-state index contributed by atoms with van der Waals surface area (Å²) in [6.07, 6.45) is 0. The summed E-state index contributed by atoms with van der Waals surface area (Å²) in [7, 11) is -2.20. The van der Waals surface area contributed by atoms with Gasteiger partial charge in [-0.15, -0.1) is 11.3 Å². The van der Waals surface area contributed by atoms with Gasteiger partial charge in [-0.1, -0.05) is 36.4 Å². The fourth-order valence-electron chi connectivity index (χ4n) is 3.38. The van der Waals surface area contributed by atoms with Crippen molar-refractivity contribution in [2.75, 3.05) is 7.11 Å². The van der Waals surface area contributed by atoms with Crippen LogP contribution in [0.4, 0.5) is 0 Å². The zero-order chi connectivity index (χ0) is 21.5. The number of nitrogens with two attached hydrogens (primary N) is 1. The number of benzene rings is 3. The zero-order valence-corrected chi connectivity index (χ0v) is 18.0. The van der Waals surface area contributed by atoms with Crippen LogP contribution in [-0.4, -0.2) is 15.5 Å². The number of ether oxygens (including phenoxy) is 1. The van der Waals surface area contributed by atoms with E-state index in [2.05, 4.69) is 0 Å². The van der Waals surface area contributed by atoms with Crippen molar-refractivity contribution in [2.24, 2.45) is 5.14 Å². The lowest BCUT2D eigenvalue weighted by Gasteiger charge is -2.13. The molecular formula is C23H19NO4S2. The average Bonchev–Trinajstić information content (AvgIpc) is 2.74. The maximum absolute atomic E-state index is 13.5. The molecule has 1 aromatic heterocycles. The molecule has 0 atom stereocenters. The highest BCUT2D eigenvalue weighted by atomic mass is 32.2. The topological polar surface area (TPSA) is 86.5 Å². The van der Waals surface area contributed by atoms with Crippen LogP contribution in [0, 0.1) is 6.92 Å². The highest BCUT2D eigenvalue weighted by Gasteiger charge is 2.18. The van der Waals surface area contributed by atoms with Gasteiger partial charge < -0.3 is 4.74 Å². The number of hydrogen-bond acceptors (Lipinski definition) is 5. The van der Waals surface area contributed by atoms with Crippen LogP contribution in [0.1, 0.15) is 5.56 Å². The Morgan fingerprint density at radius 1 is 0.933 bits per heavy atom. The SMILES string of the molecule is COc1cc(-c2c(-c3ccc(S(N)(=O)=O)cc3)sc3ccccc3c2=O)ccc1C. The molecule has 0 saturated heterocycles. The number of aryl methyl sites for hydroxylation is 1. The summed E-state index contributed by atoms with van der Waals surface area (Å²) in [5.74, 6) is 0.695. The summed E-state index contributed by atoms with van der Waals surface area (Å²) < 4.78 is 29.5. The number of rotatable bonds is 4. The van der Waals surface area contributed by atoms with Crippen LogP contribution in [-0.2, 0) is 10.0 Å². The Labute approximate surface area is 178 Å². The second kappa shape index (κ2) is 7.68. The lowest BCUT2D eigenvalue weighted by Crippen LogP contribution is -2.11. The van der Waals surface area contributed by atoms with E-state index < -0.39 is 10.0 Å². The van der Waals surface area contributed by atoms with Gasteiger partial charge in [0.2, 0.25) is 10.0 Å². The molecule has 152 valence electrons. The van der Waals surface area contributed by atoms with Crippen LogP contribution < -0.4 is 15.3 Å². The second-order valence-electron chi connectivity index (χ2n) is 6.89. The molecule has 30 heavy (non-hydrogen) atoms. The normalized spacial score (nSPS) is 11.6.